The number of hydrogen-bond donors (Lipinski definition) is 0. The number of hydrogen-bond acceptors (Lipinski definition) is 6. The van der Waals surface area contributed by atoms with Gasteiger partial charge in [-0.2, -0.15) is 0 Å². The third kappa shape index (κ3) is 5.22. The first-order chi connectivity index (χ1) is 13.1. The van der Waals surface area contributed by atoms with Gasteiger partial charge in [-0.1, -0.05) is 39.7 Å². The molecule has 0 saturated heterocycles. The number of ether oxygens (including phenoxy) is 3. The van der Waals surface area contributed by atoms with Crippen LogP contribution < -0.4 is 9.47 Å². The average Bonchev–Trinajstić information content (AvgIpc) is 3.14. The molecule has 0 fully saturated rings. The van der Waals surface area contributed by atoms with Gasteiger partial charge in [-0.05, 0) is 30.3 Å². The van der Waals surface area contributed by atoms with E-state index in [2.05, 4.69) is 20.9 Å². The molecule has 0 amide bonds. The highest BCUT2D eigenvalue weighted by molar-refractivity contribution is 9.10. The number of nitrogens with zero attached hydrogens (tertiary/aromatic N) is 1. The summed E-state index contributed by atoms with van der Waals surface area (Å²) in [7, 11) is 1.61. The van der Waals surface area contributed by atoms with E-state index in [0.717, 1.165) is 20.8 Å². The van der Waals surface area contributed by atoms with Gasteiger partial charge in [0.05, 0.1) is 23.4 Å². The normalized spacial score (nSPS) is 10.5. The van der Waals surface area contributed by atoms with Crippen LogP contribution in [0.4, 0.5) is 0 Å². The molecule has 0 radical (unpaired) electrons. The monoisotopic (exact) mass is 467 g/mol. The van der Waals surface area contributed by atoms with Crippen LogP contribution in [-0.2, 0) is 16.1 Å². The summed E-state index contributed by atoms with van der Waals surface area (Å²) in [5.74, 6) is 0.669. The SMILES string of the molecule is COc1ccc(Br)cc1-c1nc(COC(=O)COc2ccccc2Cl)cs1. The molecule has 0 unspecified atom stereocenters. The second-order valence-electron chi connectivity index (χ2n) is 5.37. The van der Waals surface area contributed by atoms with Gasteiger partial charge < -0.3 is 14.2 Å². The van der Waals surface area contributed by atoms with Crippen LogP contribution in [0.15, 0.2) is 52.3 Å². The lowest BCUT2D eigenvalue weighted by molar-refractivity contribution is -0.147. The Morgan fingerprint density at radius 2 is 2.04 bits per heavy atom. The zero-order valence-corrected chi connectivity index (χ0v) is 17.4. The highest BCUT2D eigenvalue weighted by Crippen LogP contribution is 2.34. The number of methoxy groups -OCH3 is 1. The van der Waals surface area contributed by atoms with E-state index in [9.17, 15) is 4.79 Å². The van der Waals surface area contributed by atoms with Crippen molar-refractivity contribution in [3.05, 3.63) is 63.0 Å². The molecule has 2 aromatic carbocycles. The molecule has 0 bridgehead atoms. The largest absolute Gasteiger partial charge is 0.496 e. The molecule has 5 nitrogen and oxygen atoms in total. The van der Waals surface area contributed by atoms with Gasteiger partial charge in [0.2, 0.25) is 0 Å². The summed E-state index contributed by atoms with van der Waals surface area (Å²) in [6, 6.07) is 12.6. The Morgan fingerprint density at radius 3 is 2.81 bits per heavy atom. The van der Waals surface area contributed by atoms with E-state index in [0.29, 0.717) is 16.5 Å². The predicted molar refractivity (Wildman–Crippen MR) is 109 cm³/mol. The minimum atomic E-state index is -0.496. The van der Waals surface area contributed by atoms with E-state index in [1.807, 2.05) is 23.6 Å². The topological polar surface area (TPSA) is 57.7 Å². The number of aromatic nitrogens is 1. The van der Waals surface area contributed by atoms with Crippen molar-refractivity contribution in [2.24, 2.45) is 0 Å². The summed E-state index contributed by atoms with van der Waals surface area (Å²) in [6.07, 6.45) is 0. The number of rotatable bonds is 7. The molecule has 0 aliphatic heterocycles. The Bertz CT molecular complexity index is 947. The van der Waals surface area contributed by atoms with E-state index in [1.165, 1.54) is 11.3 Å². The second-order valence-corrected chi connectivity index (χ2v) is 7.55. The number of esters is 1. The molecule has 1 aromatic heterocycles. The molecule has 27 heavy (non-hydrogen) atoms. The van der Waals surface area contributed by atoms with Crippen LogP contribution in [0.3, 0.4) is 0 Å². The Kier molecular flexibility index (Phi) is 6.71. The Labute approximate surface area is 174 Å². The van der Waals surface area contributed by atoms with Crippen LogP contribution >= 0.6 is 38.9 Å². The summed E-state index contributed by atoms with van der Waals surface area (Å²) in [5.41, 5.74) is 1.53. The molecule has 0 saturated carbocycles. The Hall–Kier alpha value is -2.09. The van der Waals surface area contributed by atoms with Crippen molar-refractivity contribution in [1.29, 1.82) is 0 Å². The van der Waals surface area contributed by atoms with Gasteiger partial charge in [-0.25, -0.2) is 9.78 Å². The Morgan fingerprint density at radius 1 is 1.22 bits per heavy atom. The maximum absolute atomic E-state index is 11.9. The quantitative estimate of drug-likeness (QED) is 0.437. The molecule has 0 atom stereocenters. The fraction of sp³-hybridized carbons (Fsp3) is 0.158. The summed E-state index contributed by atoms with van der Waals surface area (Å²) in [6.45, 7) is -0.155. The van der Waals surface area contributed by atoms with Crippen molar-refractivity contribution in [3.63, 3.8) is 0 Å². The zero-order valence-electron chi connectivity index (χ0n) is 14.3. The lowest BCUT2D eigenvalue weighted by Gasteiger charge is -2.07. The van der Waals surface area contributed by atoms with Gasteiger partial charge in [0.15, 0.2) is 6.61 Å². The van der Waals surface area contributed by atoms with Gasteiger partial charge in [-0.3, -0.25) is 0 Å². The van der Waals surface area contributed by atoms with Crippen LogP contribution in [0, 0.1) is 0 Å². The maximum Gasteiger partial charge on any atom is 0.344 e. The third-order valence-corrected chi connectivity index (χ3v) is 5.24. The standard InChI is InChI=1S/C19H15BrClNO4S/c1-24-16-7-6-12(20)8-14(16)19-22-13(11-27-19)9-26-18(23)10-25-17-5-3-2-4-15(17)21/h2-8,11H,9-10H2,1H3. The fourth-order valence-corrected chi connectivity index (χ4v) is 3.62. The first-order valence-corrected chi connectivity index (χ1v) is 9.93. The summed E-state index contributed by atoms with van der Waals surface area (Å²) in [5, 5.41) is 3.07. The minimum absolute atomic E-state index is 0.0670. The van der Waals surface area contributed by atoms with Gasteiger partial charge in [0, 0.05) is 9.85 Å². The molecular weight excluding hydrogens is 454 g/mol. The molecule has 0 spiro atoms. The fourth-order valence-electron chi connectivity index (χ4n) is 2.24. The van der Waals surface area contributed by atoms with Crippen LogP contribution in [0.25, 0.3) is 10.6 Å². The summed E-state index contributed by atoms with van der Waals surface area (Å²) in [4.78, 5) is 16.4. The van der Waals surface area contributed by atoms with Gasteiger partial charge >= 0.3 is 5.97 Å². The lowest BCUT2D eigenvalue weighted by Crippen LogP contribution is -2.15. The number of halogens is 2. The maximum atomic E-state index is 11.9. The van der Waals surface area contributed by atoms with Crippen LogP contribution in [-0.4, -0.2) is 24.7 Å². The number of para-hydroxylation sites is 1. The highest BCUT2D eigenvalue weighted by Gasteiger charge is 2.13. The van der Waals surface area contributed by atoms with Crippen molar-refractivity contribution in [2.45, 2.75) is 6.61 Å². The van der Waals surface area contributed by atoms with Gasteiger partial charge in [0.1, 0.15) is 23.1 Å². The van der Waals surface area contributed by atoms with E-state index < -0.39 is 5.97 Å². The molecule has 3 aromatic rings. The summed E-state index contributed by atoms with van der Waals surface area (Å²) < 4.78 is 16.9. The molecular formula is C19H15BrClNO4S. The van der Waals surface area contributed by atoms with Crippen LogP contribution in [0.1, 0.15) is 5.69 Å². The van der Waals surface area contributed by atoms with Gasteiger partial charge in [-0.15, -0.1) is 11.3 Å². The average molecular weight is 469 g/mol. The number of carbonyl (C=O) groups excluding carboxylic acids is 1. The zero-order chi connectivity index (χ0) is 19.2. The number of carbonyl (C=O) groups is 1. The van der Waals surface area contributed by atoms with Crippen molar-refractivity contribution in [2.75, 3.05) is 13.7 Å². The summed E-state index contributed by atoms with van der Waals surface area (Å²) >= 11 is 10.9. The molecule has 3 rings (SSSR count). The van der Waals surface area contributed by atoms with Crippen LogP contribution in [0.5, 0.6) is 11.5 Å². The van der Waals surface area contributed by atoms with Crippen molar-refractivity contribution in [1.82, 2.24) is 4.98 Å². The smallest absolute Gasteiger partial charge is 0.344 e. The first kappa shape index (κ1) is 19.7. The van der Waals surface area contributed by atoms with E-state index in [4.69, 9.17) is 25.8 Å². The molecule has 0 aliphatic rings. The first-order valence-electron chi connectivity index (χ1n) is 7.88. The molecule has 8 heteroatoms. The minimum Gasteiger partial charge on any atom is -0.496 e. The third-order valence-electron chi connectivity index (χ3n) is 3.51. The number of benzene rings is 2. The lowest BCUT2D eigenvalue weighted by atomic mass is 10.2. The second kappa shape index (κ2) is 9.21. The molecule has 140 valence electrons. The highest BCUT2D eigenvalue weighted by atomic mass is 79.9. The van der Waals surface area contributed by atoms with Crippen molar-refractivity contribution in [3.8, 4) is 22.1 Å². The van der Waals surface area contributed by atoms with E-state index >= 15 is 0 Å². The van der Waals surface area contributed by atoms with Crippen molar-refractivity contribution < 1.29 is 19.0 Å². The van der Waals surface area contributed by atoms with Crippen LogP contribution in [0.2, 0.25) is 5.02 Å². The van der Waals surface area contributed by atoms with E-state index in [-0.39, 0.29) is 13.2 Å². The molecule has 1 heterocycles. The Balaban J connectivity index is 1.57. The van der Waals surface area contributed by atoms with Crippen molar-refractivity contribution >= 4 is 44.8 Å². The van der Waals surface area contributed by atoms with E-state index in [1.54, 1.807) is 31.4 Å². The van der Waals surface area contributed by atoms with Gasteiger partial charge in [0.25, 0.3) is 0 Å². The molecule has 0 aliphatic carbocycles. The molecule has 0 N–H and O–H groups in total. The predicted octanol–water partition coefficient (Wildman–Crippen LogP) is 5.36. The number of thiazole rings is 1.